The van der Waals surface area contributed by atoms with Crippen molar-refractivity contribution < 1.29 is 14.7 Å². The number of rotatable bonds is 7. The summed E-state index contributed by atoms with van der Waals surface area (Å²) in [5.74, 6) is 0.889. The molecule has 15 nitrogen and oxygen atoms in total. The molecule has 2 saturated heterocycles. The van der Waals surface area contributed by atoms with Gasteiger partial charge in [-0.15, -0.1) is 0 Å². The topological polar surface area (TPSA) is 169 Å². The van der Waals surface area contributed by atoms with Crippen LogP contribution in [0.15, 0.2) is 122 Å². The maximum absolute atomic E-state index is 12.8. The van der Waals surface area contributed by atoms with Gasteiger partial charge in [-0.3, -0.25) is 4.79 Å². The van der Waals surface area contributed by atoms with Crippen molar-refractivity contribution in [3.8, 4) is 11.4 Å². The van der Waals surface area contributed by atoms with Crippen LogP contribution in [0.2, 0.25) is 0 Å². The zero-order valence-electron chi connectivity index (χ0n) is 34.8. The monoisotopic (exact) mass is 818 g/mol. The van der Waals surface area contributed by atoms with E-state index >= 15 is 0 Å². The highest BCUT2D eigenvalue weighted by molar-refractivity contribution is 5.92. The molecule has 0 spiro atoms. The van der Waals surface area contributed by atoms with Crippen LogP contribution in [0.1, 0.15) is 56.1 Å². The lowest BCUT2D eigenvalue weighted by atomic mass is 10.2. The largest absolute Gasteiger partial charge is 0.476 e. The fourth-order valence-electron chi connectivity index (χ4n) is 7.97. The van der Waals surface area contributed by atoms with E-state index in [2.05, 4.69) is 82.5 Å². The number of nitrogens with two attached hydrogens (primary N) is 1. The smallest absolute Gasteiger partial charge is 0.356 e. The lowest BCUT2D eigenvalue weighted by molar-refractivity contribution is 0.0689. The Bertz CT molecular complexity index is 2820. The van der Waals surface area contributed by atoms with E-state index in [1.807, 2.05) is 93.4 Å². The molecule has 312 valence electrons. The fraction of sp³-hybridized carbons (Fsp3) is 0.261. The number of amides is 1. The third-order valence-electron chi connectivity index (χ3n) is 11.2. The van der Waals surface area contributed by atoms with E-state index in [0.29, 0.717) is 5.69 Å². The van der Waals surface area contributed by atoms with Crippen LogP contribution in [0, 0.1) is 27.7 Å². The molecule has 1 amide bonds. The maximum atomic E-state index is 12.8. The van der Waals surface area contributed by atoms with E-state index in [0.717, 1.165) is 78.7 Å². The first kappa shape index (κ1) is 40.5. The predicted molar refractivity (Wildman–Crippen MR) is 236 cm³/mol. The molecule has 0 bridgehead atoms. The number of nitrogens with zero attached hydrogens (tertiary/aromatic N) is 10. The molecule has 4 N–H and O–H groups in total. The van der Waals surface area contributed by atoms with Gasteiger partial charge in [-0.2, -0.15) is 10.2 Å². The summed E-state index contributed by atoms with van der Waals surface area (Å²) >= 11 is 0. The minimum absolute atomic E-state index is 0.0539. The summed E-state index contributed by atoms with van der Waals surface area (Å²) in [6.07, 6.45) is 17.2. The SMILES string of the molecule is Cc1ccccc1-n1ccc(C(=O)N[C@H]2CCN(c3nccn4ccc(C)c34)C2)n1.Cc1ccccc1-n1ccc(C(=O)O)n1.Cc1ccn2ccnc(N3CC[C@H](N)C3)c12. The Morgan fingerprint density at radius 3 is 1.64 bits per heavy atom. The first-order valence-corrected chi connectivity index (χ1v) is 20.4. The number of aryl methyl sites for hydroxylation is 4. The van der Waals surface area contributed by atoms with Crippen molar-refractivity contribution in [1.82, 2.24) is 43.6 Å². The number of carbonyl (C=O) groups excluding carboxylic acids is 1. The van der Waals surface area contributed by atoms with Gasteiger partial charge < -0.3 is 34.8 Å². The maximum Gasteiger partial charge on any atom is 0.356 e. The van der Waals surface area contributed by atoms with Crippen LogP contribution in [-0.4, -0.2) is 93.6 Å². The van der Waals surface area contributed by atoms with E-state index in [4.69, 9.17) is 10.8 Å². The zero-order chi connectivity index (χ0) is 42.6. The third-order valence-corrected chi connectivity index (χ3v) is 11.2. The number of carbonyl (C=O) groups is 2. The third kappa shape index (κ3) is 8.73. The van der Waals surface area contributed by atoms with Gasteiger partial charge in [-0.25, -0.2) is 24.1 Å². The molecule has 15 heteroatoms. The Balaban J connectivity index is 0.000000139. The van der Waals surface area contributed by atoms with Crippen molar-refractivity contribution in [3.63, 3.8) is 0 Å². The van der Waals surface area contributed by atoms with Crippen molar-refractivity contribution in [1.29, 1.82) is 0 Å². The lowest BCUT2D eigenvalue weighted by Gasteiger charge is -2.19. The van der Waals surface area contributed by atoms with Gasteiger partial charge in [-0.1, -0.05) is 36.4 Å². The van der Waals surface area contributed by atoms with Gasteiger partial charge in [-0.05, 0) is 99.2 Å². The predicted octanol–water partition coefficient (Wildman–Crippen LogP) is 6.20. The standard InChI is InChI=1S/C23H24N6O.C12H16N4.C11H10N2O2/c1-16-5-3-4-6-20(16)29-13-9-19(26-29)23(30)25-18-8-12-28(15-18)22-21-17(2)7-11-27(21)14-10-24-22;1-9-2-5-15-7-4-14-12(11(9)15)16-6-3-10(13)8-16;1-8-4-2-3-5-10(8)13-7-6-9(12-13)11(14)15/h3-7,9-11,13-14,18H,8,12,15H2,1-2H3,(H,25,30);2,4-5,7,10H,3,6,8,13H2,1H3;2-7H,1H3,(H,14,15)/t18-;10-;/m00./s1. The van der Waals surface area contributed by atoms with Gasteiger partial charge in [0.05, 0.1) is 22.4 Å². The molecule has 0 aliphatic carbocycles. The summed E-state index contributed by atoms with van der Waals surface area (Å²) in [6.45, 7) is 11.7. The number of aromatic carboxylic acids is 1. The highest BCUT2D eigenvalue weighted by atomic mass is 16.4. The molecule has 0 saturated carbocycles. The van der Waals surface area contributed by atoms with E-state index in [1.165, 1.54) is 22.7 Å². The lowest BCUT2D eigenvalue weighted by Crippen LogP contribution is -2.37. The number of benzene rings is 2. The van der Waals surface area contributed by atoms with E-state index in [9.17, 15) is 9.59 Å². The summed E-state index contributed by atoms with van der Waals surface area (Å²) in [6, 6.07) is 23.5. The number of nitrogens with one attached hydrogen (secondary N) is 1. The molecule has 2 atom stereocenters. The van der Waals surface area contributed by atoms with Crippen LogP contribution in [0.5, 0.6) is 0 Å². The van der Waals surface area contributed by atoms with Gasteiger partial charge in [0.1, 0.15) is 0 Å². The highest BCUT2D eigenvalue weighted by Gasteiger charge is 2.28. The molecule has 2 aliphatic rings. The molecule has 6 aromatic heterocycles. The molecule has 8 heterocycles. The molecule has 0 unspecified atom stereocenters. The second-order valence-electron chi connectivity index (χ2n) is 15.6. The first-order valence-electron chi connectivity index (χ1n) is 20.4. The van der Waals surface area contributed by atoms with Crippen molar-refractivity contribution in [3.05, 3.63) is 156 Å². The minimum atomic E-state index is -1.01. The molecular formula is C46H50N12O3. The Morgan fingerprint density at radius 1 is 0.623 bits per heavy atom. The summed E-state index contributed by atoms with van der Waals surface area (Å²) < 4.78 is 7.55. The summed E-state index contributed by atoms with van der Waals surface area (Å²) in [4.78, 5) is 37.1. The minimum Gasteiger partial charge on any atom is -0.476 e. The molecule has 2 fully saturated rings. The molecular weight excluding hydrogens is 769 g/mol. The zero-order valence-corrected chi connectivity index (χ0v) is 34.8. The number of anilines is 2. The second kappa shape index (κ2) is 17.5. The summed E-state index contributed by atoms with van der Waals surface area (Å²) in [5.41, 5.74) is 15.3. The van der Waals surface area contributed by atoms with Crippen LogP contribution < -0.4 is 20.9 Å². The van der Waals surface area contributed by atoms with Crippen LogP contribution in [-0.2, 0) is 0 Å². The first-order chi connectivity index (χ1) is 29.5. The van der Waals surface area contributed by atoms with Crippen molar-refractivity contribution in [2.45, 2.75) is 52.6 Å². The number of carboxylic acid groups (broad SMARTS) is 1. The van der Waals surface area contributed by atoms with Gasteiger partial charge >= 0.3 is 5.97 Å². The molecule has 0 radical (unpaired) electrons. The van der Waals surface area contributed by atoms with Gasteiger partial charge in [0.25, 0.3) is 5.91 Å². The fourth-order valence-corrected chi connectivity index (χ4v) is 7.97. The quantitative estimate of drug-likeness (QED) is 0.168. The van der Waals surface area contributed by atoms with Crippen LogP contribution in [0.25, 0.3) is 22.4 Å². The molecule has 2 aliphatic heterocycles. The number of carboxylic acids is 1. The molecule has 10 rings (SSSR count). The van der Waals surface area contributed by atoms with Gasteiger partial charge in [0.15, 0.2) is 23.0 Å². The van der Waals surface area contributed by atoms with Crippen molar-refractivity contribution >= 4 is 34.5 Å². The molecule has 61 heavy (non-hydrogen) atoms. The number of fused-ring (bicyclic) bond motifs is 2. The van der Waals surface area contributed by atoms with Crippen LogP contribution in [0.4, 0.5) is 11.6 Å². The number of hydrogen-bond donors (Lipinski definition) is 3. The van der Waals surface area contributed by atoms with E-state index in [1.54, 1.807) is 21.6 Å². The molecule has 2 aromatic carbocycles. The van der Waals surface area contributed by atoms with Crippen LogP contribution in [0.3, 0.4) is 0 Å². The van der Waals surface area contributed by atoms with Gasteiger partial charge in [0, 0.05) is 87.8 Å². The Morgan fingerprint density at radius 2 is 1.13 bits per heavy atom. The average molecular weight is 819 g/mol. The van der Waals surface area contributed by atoms with E-state index < -0.39 is 5.97 Å². The summed E-state index contributed by atoms with van der Waals surface area (Å²) in [5, 5.41) is 20.3. The second-order valence-corrected chi connectivity index (χ2v) is 15.6. The highest BCUT2D eigenvalue weighted by Crippen LogP contribution is 2.27. The van der Waals surface area contributed by atoms with Crippen molar-refractivity contribution in [2.24, 2.45) is 5.73 Å². The van der Waals surface area contributed by atoms with E-state index in [-0.39, 0.29) is 23.7 Å². The average Bonchev–Trinajstić information content (AvgIpc) is 4.13. The Hall–Kier alpha value is -7.26. The summed E-state index contributed by atoms with van der Waals surface area (Å²) in [7, 11) is 0. The van der Waals surface area contributed by atoms with Gasteiger partial charge in [0.2, 0.25) is 0 Å². The number of aromatic nitrogens is 8. The Kier molecular flexibility index (Phi) is 11.6. The Labute approximate surface area is 353 Å². The van der Waals surface area contributed by atoms with Crippen molar-refractivity contribution in [2.75, 3.05) is 36.0 Å². The number of hydrogen-bond acceptors (Lipinski definition) is 9. The normalized spacial score (nSPS) is 16.0. The molecule has 8 aromatic rings. The number of para-hydroxylation sites is 2. The van der Waals surface area contributed by atoms with Crippen LogP contribution >= 0.6 is 0 Å².